The summed E-state index contributed by atoms with van der Waals surface area (Å²) >= 11 is 0. The van der Waals surface area contributed by atoms with Crippen molar-refractivity contribution in [2.75, 3.05) is 27.3 Å². The summed E-state index contributed by atoms with van der Waals surface area (Å²) < 4.78 is 37.6. The van der Waals surface area contributed by atoms with Crippen molar-refractivity contribution in [3.8, 4) is 11.5 Å². The van der Waals surface area contributed by atoms with Gasteiger partial charge in [-0.05, 0) is 25.5 Å². The number of hydrogen-bond donors (Lipinski definition) is 2. The smallest absolute Gasteiger partial charge is 0.216 e. The van der Waals surface area contributed by atoms with Crippen molar-refractivity contribution >= 4 is 10.0 Å². The molecule has 21 heavy (non-hydrogen) atoms. The van der Waals surface area contributed by atoms with Gasteiger partial charge in [-0.25, -0.2) is 13.1 Å². The SMILES string of the molecule is COc1ccc(CNS(=O)(=O)C2CCCNC2)c(OC)c1. The normalized spacial score (nSPS) is 19.2. The minimum absolute atomic E-state index is 0.214. The van der Waals surface area contributed by atoms with E-state index < -0.39 is 10.0 Å². The zero-order chi connectivity index (χ0) is 15.3. The molecule has 0 saturated carbocycles. The van der Waals surface area contributed by atoms with Crippen molar-refractivity contribution in [1.82, 2.24) is 10.0 Å². The molecule has 0 aromatic heterocycles. The molecule has 2 N–H and O–H groups in total. The second-order valence-electron chi connectivity index (χ2n) is 5.01. The summed E-state index contributed by atoms with van der Waals surface area (Å²) in [5, 5.41) is 2.75. The largest absolute Gasteiger partial charge is 0.497 e. The fraction of sp³-hybridized carbons (Fsp3) is 0.571. The standard InChI is InChI=1S/C14H22N2O4S/c1-19-12-6-5-11(14(8-12)20-2)9-16-21(17,18)13-4-3-7-15-10-13/h5-6,8,13,15-16H,3-4,7,9-10H2,1-2H3. The second kappa shape index (κ2) is 7.11. The van der Waals surface area contributed by atoms with E-state index in [-0.39, 0.29) is 11.8 Å². The molecule has 0 amide bonds. The number of methoxy groups -OCH3 is 2. The minimum atomic E-state index is -3.32. The van der Waals surface area contributed by atoms with Crippen LogP contribution in [0.2, 0.25) is 0 Å². The van der Waals surface area contributed by atoms with Crippen molar-refractivity contribution < 1.29 is 17.9 Å². The third-order valence-corrected chi connectivity index (χ3v) is 5.48. The first-order valence-electron chi connectivity index (χ1n) is 6.97. The van der Waals surface area contributed by atoms with Gasteiger partial charge in [-0.2, -0.15) is 0 Å². The number of nitrogens with one attached hydrogen (secondary N) is 2. The second-order valence-corrected chi connectivity index (χ2v) is 7.06. The predicted octanol–water partition coefficient (Wildman–Crippen LogP) is 0.875. The molecule has 0 spiro atoms. The van der Waals surface area contributed by atoms with Gasteiger partial charge in [0.05, 0.1) is 19.5 Å². The molecule has 1 aliphatic heterocycles. The highest BCUT2D eigenvalue weighted by molar-refractivity contribution is 7.90. The van der Waals surface area contributed by atoms with Crippen molar-refractivity contribution in [2.45, 2.75) is 24.6 Å². The molecular formula is C14H22N2O4S. The van der Waals surface area contributed by atoms with E-state index in [1.54, 1.807) is 32.4 Å². The molecule has 1 fully saturated rings. The lowest BCUT2D eigenvalue weighted by Crippen LogP contribution is -2.44. The zero-order valence-electron chi connectivity index (χ0n) is 12.4. The Morgan fingerprint density at radius 2 is 2.14 bits per heavy atom. The van der Waals surface area contributed by atoms with Gasteiger partial charge in [0.15, 0.2) is 0 Å². The van der Waals surface area contributed by atoms with Gasteiger partial charge in [-0.3, -0.25) is 0 Å². The summed E-state index contributed by atoms with van der Waals surface area (Å²) in [5.41, 5.74) is 0.783. The molecule has 6 nitrogen and oxygen atoms in total. The average molecular weight is 314 g/mol. The number of ether oxygens (including phenoxy) is 2. The van der Waals surface area contributed by atoms with E-state index >= 15 is 0 Å². The molecule has 118 valence electrons. The molecule has 0 radical (unpaired) electrons. The average Bonchev–Trinajstić information content (AvgIpc) is 2.53. The summed E-state index contributed by atoms with van der Waals surface area (Å²) in [6.45, 7) is 1.61. The fourth-order valence-electron chi connectivity index (χ4n) is 2.38. The molecule has 7 heteroatoms. The lowest BCUT2D eigenvalue weighted by molar-refractivity contribution is 0.390. The molecule has 1 atom stereocenters. The van der Waals surface area contributed by atoms with Crippen LogP contribution < -0.4 is 19.5 Å². The van der Waals surface area contributed by atoms with Crippen molar-refractivity contribution in [1.29, 1.82) is 0 Å². The highest BCUT2D eigenvalue weighted by Crippen LogP contribution is 2.24. The van der Waals surface area contributed by atoms with Gasteiger partial charge in [0.25, 0.3) is 0 Å². The van der Waals surface area contributed by atoms with Gasteiger partial charge >= 0.3 is 0 Å². The van der Waals surface area contributed by atoms with Crippen LogP contribution in [-0.4, -0.2) is 41.0 Å². The Kier molecular flexibility index (Phi) is 5.44. The van der Waals surface area contributed by atoms with Crippen molar-refractivity contribution in [3.05, 3.63) is 23.8 Å². The van der Waals surface area contributed by atoms with Gasteiger partial charge in [0.2, 0.25) is 10.0 Å². The topological polar surface area (TPSA) is 76.7 Å². The first kappa shape index (κ1) is 16.1. The van der Waals surface area contributed by atoms with E-state index in [9.17, 15) is 8.42 Å². The van der Waals surface area contributed by atoms with E-state index in [1.165, 1.54) is 0 Å². The van der Waals surface area contributed by atoms with E-state index in [0.29, 0.717) is 24.5 Å². The molecule has 1 saturated heterocycles. The molecule has 2 rings (SSSR count). The molecule has 1 unspecified atom stereocenters. The molecule has 1 aliphatic rings. The number of piperidine rings is 1. The van der Waals surface area contributed by atoms with Crippen LogP contribution >= 0.6 is 0 Å². The maximum Gasteiger partial charge on any atom is 0.216 e. The van der Waals surface area contributed by atoms with Crippen LogP contribution in [0.25, 0.3) is 0 Å². The first-order chi connectivity index (χ1) is 10.1. The van der Waals surface area contributed by atoms with Gasteiger partial charge < -0.3 is 14.8 Å². The number of rotatable bonds is 6. The summed E-state index contributed by atoms with van der Waals surface area (Å²) in [4.78, 5) is 0. The Bertz CT molecular complexity index is 568. The Hall–Kier alpha value is -1.31. The molecular weight excluding hydrogens is 292 g/mol. The Morgan fingerprint density at radius 1 is 1.33 bits per heavy atom. The maximum absolute atomic E-state index is 12.3. The van der Waals surface area contributed by atoms with Gasteiger partial charge in [0, 0.05) is 24.7 Å². The van der Waals surface area contributed by atoms with Crippen LogP contribution in [0.1, 0.15) is 18.4 Å². The fourth-order valence-corrected chi connectivity index (χ4v) is 3.79. The van der Waals surface area contributed by atoms with Crippen LogP contribution in [0, 0.1) is 0 Å². The predicted molar refractivity (Wildman–Crippen MR) is 81.2 cm³/mol. The molecule has 1 aromatic rings. The van der Waals surface area contributed by atoms with E-state index in [1.807, 2.05) is 0 Å². The molecule has 1 aromatic carbocycles. The lowest BCUT2D eigenvalue weighted by Gasteiger charge is -2.23. The monoisotopic (exact) mass is 314 g/mol. The third-order valence-electron chi connectivity index (χ3n) is 3.65. The Morgan fingerprint density at radius 3 is 2.76 bits per heavy atom. The molecule has 0 aliphatic carbocycles. The van der Waals surface area contributed by atoms with Crippen LogP contribution in [0.4, 0.5) is 0 Å². The number of sulfonamides is 1. The van der Waals surface area contributed by atoms with Crippen LogP contribution in [0.15, 0.2) is 18.2 Å². The number of hydrogen-bond acceptors (Lipinski definition) is 5. The number of benzene rings is 1. The van der Waals surface area contributed by atoms with Gasteiger partial charge in [-0.1, -0.05) is 6.07 Å². The van der Waals surface area contributed by atoms with Crippen molar-refractivity contribution in [2.24, 2.45) is 0 Å². The van der Waals surface area contributed by atoms with E-state index in [2.05, 4.69) is 10.0 Å². The zero-order valence-corrected chi connectivity index (χ0v) is 13.2. The lowest BCUT2D eigenvalue weighted by atomic mass is 10.2. The highest BCUT2D eigenvalue weighted by Gasteiger charge is 2.26. The summed E-state index contributed by atoms with van der Waals surface area (Å²) in [6.07, 6.45) is 1.58. The van der Waals surface area contributed by atoms with Gasteiger partial charge in [-0.15, -0.1) is 0 Å². The Balaban J connectivity index is 2.05. The van der Waals surface area contributed by atoms with E-state index in [0.717, 1.165) is 18.5 Å². The maximum atomic E-state index is 12.3. The molecule has 1 heterocycles. The minimum Gasteiger partial charge on any atom is -0.497 e. The summed E-state index contributed by atoms with van der Waals surface area (Å²) in [6, 6.07) is 5.33. The summed E-state index contributed by atoms with van der Waals surface area (Å²) in [7, 11) is -0.191. The highest BCUT2D eigenvalue weighted by atomic mass is 32.2. The Labute approximate surface area is 125 Å². The third kappa shape index (κ3) is 4.09. The first-order valence-corrected chi connectivity index (χ1v) is 8.51. The summed E-state index contributed by atoms with van der Waals surface area (Å²) in [5.74, 6) is 1.29. The van der Waals surface area contributed by atoms with E-state index in [4.69, 9.17) is 9.47 Å². The molecule has 0 bridgehead atoms. The van der Waals surface area contributed by atoms with Gasteiger partial charge in [0.1, 0.15) is 11.5 Å². The van der Waals surface area contributed by atoms with Crippen LogP contribution in [0.3, 0.4) is 0 Å². The quantitative estimate of drug-likeness (QED) is 0.815. The van der Waals surface area contributed by atoms with Crippen LogP contribution in [0.5, 0.6) is 11.5 Å². The van der Waals surface area contributed by atoms with Crippen molar-refractivity contribution in [3.63, 3.8) is 0 Å². The van der Waals surface area contributed by atoms with Crippen LogP contribution in [-0.2, 0) is 16.6 Å².